The van der Waals surface area contributed by atoms with E-state index in [2.05, 4.69) is 115 Å². The second kappa shape index (κ2) is 63.7. The molecule has 0 unspecified atom stereocenters. The van der Waals surface area contributed by atoms with E-state index in [1.165, 1.54) is 5.32 Å². The fourth-order valence-corrected chi connectivity index (χ4v) is 14.5. The number of nitrogens with zero attached hydrogens (tertiary/aromatic N) is 3. The van der Waals surface area contributed by atoms with E-state index in [0.717, 1.165) is 24.6 Å². The van der Waals surface area contributed by atoms with Crippen molar-refractivity contribution >= 4 is 169 Å². The number of carboxylic acid groups (broad SMARTS) is 1. The number of carbonyl (C=O) groups is 16. The van der Waals surface area contributed by atoms with Gasteiger partial charge in [0.15, 0.2) is 5.96 Å². The van der Waals surface area contributed by atoms with Crippen LogP contribution in [-0.2, 0) is 122 Å². The van der Waals surface area contributed by atoms with Gasteiger partial charge < -0.3 is 137 Å². The third-order valence-corrected chi connectivity index (χ3v) is 23.3. The lowest BCUT2D eigenvalue weighted by Crippen LogP contribution is -2.60. The highest BCUT2D eigenvalue weighted by atomic mass is 32.2. The van der Waals surface area contributed by atoms with E-state index in [9.17, 15) is 118 Å². The van der Waals surface area contributed by atoms with E-state index in [1.807, 2.05) is 27.7 Å². The minimum absolute atomic E-state index is 0.000361. The zero-order chi connectivity index (χ0) is 99.9. The van der Waals surface area contributed by atoms with E-state index in [4.69, 9.17) is 36.1 Å². The van der Waals surface area contributed by atoms with Gasteiger partial charge in [0.25, 0.3) is 26.1 Å². The van der Waals surface area contributed by atoms with Crippen molar-refractivity contribution in [2.75, 3.05) is 134 Å². The van der Waals surface area contributed by atoms with Gasteiger partial charge in [0.1, 0.15) is 67.3 Å². The maximum atomic E-state index is 14.7. The highest BCUT2D eigenvalue weighted by Crippen LogP contribution is 2.18. The summed E-state index contributed by atoms with van der Waals surface area (Å²) in [5, 5.41) is 73.1. The number of hydrogen-bond acceptors (Lipinski definition) is 34. The Morgan fingerprint density at radius 1 is 0.549 bits per heavy atom. The molecule has 56 heteroatoms. The highest BCUT2D eigenvalue weighted by molar-refractivity contribution is 8.00. The summed E-state index contributed by atoms with van der Waals surface area (Å²) in [5.74, 6) is -20.1. The number of benzene rings is 1. The smallest absolute Gasteiger partial charge is 0.305 e. The molecule has 1 aromatic carbocycles. The number of aliphatic carboxylic acids is 1. The highest BCUT2D eigenvalue weighted by Gasteiger charge is 2.38. The molecule has 0 bridgehead atoms. The molecule has 1 aromatic rings. The summed E-state index contributed by atoms with van der Waals surface area (Å²) in [6, 6.07) is -5.15. The normalized spacial score (nSPS) is 19.0. The number of ether oxygens (including phenoxy) is 4. The van der Waals surface area contributed by atoms with Crippen LogP contribution in [0.4, 0.5) is 0 Å². The summed E-state index contributed by atoms with van der Waals surface area (Å²) in [6.07, 6.45) is 1.07. The van der Waals surface area contributed by atoms with Crippen LogP contribution >= 0.6 is 37.0 Å². The van der Waals surface area contributed by atoms with E-state index in [0.29, 0.717) is 43.0 Å². The Balaban J connectivity index is 2.36. The number of thioether (sulfide) groups is 1. The van der Waals surface area contributed by atoms with Crippen LogP contribution < -0.4 is 102 Å². The summed E-state index contributed by atoms with van der Waals surface area (Å²) in [4.78, 5) is 218. The molecule has 0 radical (unpaired) electrons. The summed E-state index contributed by atoms with van der Waals surface area (Å²) in [5.41, 5.74) is 16.2. The van der Waals surface area contributed by atoms with E-state index < -0.39 is 217 Å². The van der Waals surface area contributed by atoms with Crippen LogP contribution in [0.2, 0.25) is 0 Å². The fraction of sp³-hybridized carbons (Fsp3) is 0.675. The molecule has 1 aliphatic heterocycles. The Morgan fingerprint density at radius 3 is 1.56 bits per heavy atom. The number of rotatable bonds is 56. The molecule has 15 amide bonds. The fourth-order valence-electron chi connectivity index (χ4n) is 11.9. The number of amides is 15. The number of aliphatic imine (C=N–C) groups is 1. The van der Waals surface area contributed by atoms with Crippen LogP contribution in [-0.4, -0.2) is 352 Å². The summed E-state index contributed by atoms with van der Waals surface area (Å²) in [6.45, 7) is 9.37. The second-order valence-electron chi connectivity index (χ2n) is 31.3. The number of nitrogens with one attached hydrogen (secondary N) is 16. The van der Waals surface area contributed by atoms with Gasteiger partial charge in [-0.15, -0.1) is 11.8 Å². The van der Waals surface area contributed by atoms with Gasteiger partial charge in [0.2, 0.25) is 88.1 Å². The Kier molecular flexibility index (Phi) is 56.8. The van der Waals surface area contributed by atoms with Crippen LogP contribution in [0, 0.1) is 5.92 Å². The number of unbranched alkanes of at least 4 members (excludes halogenated alkanes) is 1. The lowest BCUT2D eigenvalue weighted by molar-refractivity contribution is -0.141. The van der Waals surface area contributed by atoms with Crippen molar-refractivity contribution in [2.45, 2.75) is 190 Å². The monoisotopic (exact) mass is 1990 g/mol. The Morgan fingerprint density at radius 2 is 1.03 bits per heavy atom. The first kappa shape index (κ1) is 119. The van der Waals surface area contributed by atoms with Gasteiger partial charge in [-0.3, -0.25) is 90.8 Å². The third-order valence-electron chi connectivity index (χ3n) is 19.8. The molecule has 1 heterocycles. The van der Waals surface area contributed by atoms with Crippen molar-refractivity contribution in [2.24, 2.45) is 38.4 Å². The summed E-state index contributed by atoms with van der Waals surface area (Å²) < 4.78 is 85.7. The quantitative estimate of drug-likeness (QED) is 0.00548. The molecule has 0 aliphatic carbocycles. The average molecular weight is 1990 g/mol. The number of carbonyl (C=O) groups excluding carboxylic acids is 15. The predicted molar refractivity (Wildman–Crippen MR) is 489 cm³/mol. The van der Waals surface area contributed by atoms with Crippen molar-refractivity contribution < 1.29 is 137 Å². The molecule has 27 N–H and O–H groups in total. The van der Waals surface area contributed by atoms with Crippen LogP contribution in [0.3, 0.4) is 0 Å². The van der Waals surface area contributed by atoms with Crippen molar-refractivity contribution in [1.82, 2.24) is 85.1 Å². The standard InChI is InChI=1S/C77H130N22O29S5/c1-46(98-117)76(3,4)87-26-21-48(22-27-88-77(5,6)47(2)99-118)20-25-82-59(101)19-12-18-58(100)81-23-11-10-16-51-68(111)94-54(41-129)71(114)92-50(17-13-24-85-75(79)80)66(109)86-38-60(102)90-53(37-64(106)107)70(113)95-55(42-130)72(115)93-52(36-49-14-8-7-9-15-49)69(112)96-56(43-131-44-63(105)89-51)67(110)84-29-31-126-33-35-127-34-32-125-30-28-83-61(103)39-128-40-62(104)91-57(45-132(119,120)121)73(116)97-74(65(78)108)133(122,123)124/h7-9,14-15,48,50-57,74,87-88,117-118,129-130H,10-13,16-45H2,1-6H3,(H2,78,108)(H,81,100)(H,82,101)(H,83,103)(H,84,110)(H,86,109)(H,89,105)(H,90,102)(H,91,104)(H,92,114)(H,93,115)(H,94,111)(H,95,113)(H,96,112)(H,97,116)(H,106,107)(H4,79,80,85)(H,119,120,121)(H,122,123,124)/b98-46-,99-47-/t50-,51-,52-,53-,54-,55-,56-,57-,74-/m0/s1. The Labute approximate surface area is 785 Å². The van der Waals surface area contributed by atoms with Gasteiger partial charge >= 0.3 is 5.97 Å². The van der Waals surface area contributed by atoms with Gasteiger partial charge in [0.05, 0.1) is 80.9 Å². The lowest BCUT2D eigenvalue weighted by atomic mass is 9.94. The first-order valence-electron chi connectivity index (χ1n) is 42.2. The molecule has 1 aliphatic rings. The van der Waals surface area contributed by atoms with Gasteiger partial charge in [0, 0.05) is 69.2 Å². The van der Waals surface area contributed by atoms with Crippen molar-refractivity contribution in [3.63, 3.8) is 0 Å². The molecule has 2 rings (SSSR count). The molecule has 9 atom stereocenters. The number of hydrogen-bond donors (Lipinski definition) is 26. The lowest BCUT2D eigenvalue weighted by Gasteiger charge is -2.28. The minimum Gasteiger partial charge on any atom is -0.481 e. The molecule has 51 nitrogen and oxygen atoms in total. The van der Waals surface area contributed by atoms with Gasteiger partial charge in [-0.1, -0.05) is 40.6 Å². The van der Waals surface area contributed by atoms with Crippen LogP contribution in [0.5, 0.6) is 0 Å². The summed E-state index contributed by atoms with van der Waals surface area (Å²) in [7, 11) is -10.4. The minimum atomic E-state index is -5.36. The van der Waals surface area contributed by atoms with Crippen molar-refractivity contribution in [3.05, 3.63) is 35.9 Å². The first-order chi connectivity index (χ1) is 62.6. The van der Waals surface area contributed by atoms with Crippen molar-refractivity contribution in [3.8, 4) is 0 Å². The van der Waals surface area contributed by atoms with Gasteiger partial charge in [-0.05, 0) is 124 Å². The zero-order valence-corrected chi connectivity index (χ0v) is 79.2. The number of thiol groups is 2. The zero-order valence-electron chi connectivity index (χ0n) is 74.9. The van der Waals surface area contributed by atoms with Crippen LogP contribution in [0.1, 0.15) is 124 Å². The maximum absolute atomic E-state index is 14.7. The predicted octanol–water partition coefficient (Wildman–Crippen LogP) is -7.84. The molecule has 1 saturated heterocycles. The molecule has 0 saturated carbocycles. The first-order valence-corrected chi connectivity index (χ1v) is 47.8. The third kappa shape index (κ3) is 52.2. The average Bonchev–Trinajstić information content (AvgIpc) is 0.851. The molecule has 752 valence electrons. The molecule has 133 heavy (non-hydrogen) atoms. The molecule has 0 spiro atoms. The summed E-state index contributed by atoms with van der Waals surface area (Å²) >= 11 is 9.35. The maximum Gasteiger partial charge on any atom is 0.305 e. The largest absolute Gasteiger partial charge is 0.481 e. The topological polar surface area (TPSA) is 787 Å². The number of oxime groups is 2. The Bertz CT molecular complexity index is 4280. The SMILES string of the molecule is C/C(=N/O)C(C)(C)NCCC(CCNC(=O)CCCC(=O)NCCCC[C@@H]1NC(=O)CSC[C@@H](C(=O)NCCOCCOCCOCCNC(=O)COCC(=O)N[C@@H](CS(=O)(=O)O)C(=O)N[C@H](C(N)=O)S(=O)(=O)O)NC(=O)[C@H](Cc2ccccc2)NC(=O)[C@H](CS)NC(=O)[C@H](CC(=O)O)NC(=O)CNC(=O)[C@H](CCCN=C(N)N)NC(=O)[C@H](CS)NC1=O)CCNC(C)(C)/C(C)=N\O. The number of nitrogens with two attached hydrogens (primary N) is 3. The van der Waals surface area contributed by atoms with Crippen molar-refractivity contribution in [1.29, 1.82) is 0 Å². The number of primary amides is 1. The second-order valence-corrected chi connectivity index (χ2v) is 36.0. The molecular weight excluding hydrogens is 1860 g/mol. The van der Waals surface area contributed by atoms with Gasteiger partial charge in [-0.2, -0.15) is 42.1 Å². The van der Waals surface area contributed by atoms with E-state index in [-0.39, 0.29) is 153 Å². The number of carboxylic acids is 1. The molecular formula is C77H130N22O29S5. The van der Waals surface area contributed by atoms with E-state index in [1.54, 1.807) is 49.5 Å². The molecule has 1 fully saturated rings. The Hall–Kier alpha value is -10.4. The van der Waals surface area contributed by atoms with Gasteiger partial charge in [-0.25, -0.2) is 0 Å². The van der Waals surface area contributed by atoms with Crippen LogP contribution in [0.15, 0.2) is 45.6 Å². The molecule has 0 aromatic heterocycles. The number of guanidine groups is 1. The van der Waals surface area contributed by atoms with Crippen LogP contribution in [0.25, 0.3) is 0 Å². The van der Waals surface area contributed by atoms with E-state index >= 15 is 0 Å².